The van der Waals surface area contributed by atoms with Crippen molar-refractivity contribution in [1.82, 2.24) is 0 Å². The summed E-state index contributed by atoms with van der Waals surface area (Å²) in [4.78, 5) is 28.9. The van der Waals surface area contributed by atoms with E-state index < -0.39 is 11.9 Å². The standard InChI is InChI=1S/C21H17N3O4/c1-27-19-13-7-16(8-14-19)21(26)28-24-18-11-9-17(10-12-18)22-23-20(25)15-5-3-2-4-6-15/h2-14,24H,1H3. The molecule has 0 aliphatic carbocycles. The maximum absolute atomic E-state index is 12.0. The van der Waals surface area contributed by atoms with Gasteiger partial charge in [-0.05, 0) is 60.7 Å². The molecule has 3 aromatic carbocycles. The van der Waals surface area contributed by atoms with Crippen molar-refractivity contribution in [1.29, 1.82) is 0 Å². The molecule has 1 amide bonds. The van der Waals surface area contributed by atoms with Gasteiger partial charge in [0, 0.05) is 5.56 Å². The van der Waals surface area contributed by atoms with Gasteiger partial charge in [-0.3, -0.25) is 4.79 Å². The Kier molecular flexibility index (Phi) is 6.10. The van der Waals surface area contributed by atoms with E-state index in [1.165, 1.54) is 0 Å². The molecule has 0 heterocycles. The van der Waals surface area contributed by atoms with Gasteiger partial charge in [-0.2, -0.15) is 0 Å². The second-order valence-corrected chi connectivity index (χ2v) is 5.64. The maximum atomic E-state index is 12.0. The van der Waals surface area contributed by atoms with E-state index in [4.69, 9.17) is 9.57 Å². The summed E-state index contributed by atoms with van der Waals surface area (Å²) >= 11 is 0. The zero-order chi connectivity index (χ0) is 19.8. The molecule has 140 valence electrons. The fourth-order valence-electron chi connectivity index (χ4n) is 2.23. The third kappa shape index (κ3) is 5.01. The number of ether oxygens (including phenoxy) is 1. The Morgan fingerprint density at radius 1 is 0.821 bits per heavy atom. The van der Waals surface area contributed by atoms with Crippen molar-refractivity contribution in [3.63, 3.8) is 0 Å². The number of carbonyl (C=O) groups is 2. The molecule has 0 aliphatic heterocycles. The molecular weight excluding hydrogens is 358 g/mol. The summed E-state index contributed by atoms with van der Waals surface area (Å²) in [7, 11) is 1.55. The molecule has 0 radical (unpaired) electrons. The summed E-state index contributed by atoms with van der Waals surface area (Å²) < 4.78 is 5.04. The fourth-order valence-corrected chi connectivity index (χ4v) is 2.23. The van der Waals surface area contributed by atoms with Crippen molar-refractivity contribution < 1.29 is 19.2 Å². The van der Waals surface area contributed by atoms with Gasteiger partial charge in [0.05, 0.1) is 24.0 Å². The van der Waals surface area contributed by atoms with Crippen LogP contribution in [0, 0.1) is 0 Å². The largest absolute Gasteiger partial charge is 0.497 e. The summed E-state index contributed by atoms with van der Waals surface area (Å²) in [5.41, 5.74) is 4.47. The Morgan fingerprint density at radius 2 is 1.50 bits per heavy atom. The van der Waals surface area contributed by atoms with Crippen LogP contribution < -0.4 is 10.2 Å². The van der Waals surface area contributed by atoms with Crippen LogP contribution in [0.4, 0.5) is 11.4 Å². The molecule has 0 unspecified atom stereocenters. The van der Waals surface area contributed by atoms with Gasteiger partial charge in [0.25, 0.3) is 5.91 Å². The van der Waals surface area contributed by atoms with Crippen LogP contribution in [0.1, 0.15) is 20.7 Å². The average molecular weight is 375 g/mol. The highest BCUT2D eigenvalue weighted by molar-refractivity contribution is 5.94. The predicted octanol–water partition coefficient (Wildman–Crippen LogP) is 4.80. The van der Waals surface area contributed by atoms with Gasteiger partial charge >= 0.3 is 5.97 Å². The third-order valence-electron chi connectivity index (χ3n) is 3.73. The van der Waals surface area contributed by atoms with Crippen molar-refractivity contribution >= 4 is 23.3 Å². The lowest BCUT2D eigenvalue weighted by Crippen LogP contribution is -2.10. The number of rotatable bonds is 6. The van der Waals surface area contributed by atoms with Crippen LogP contribution in [0.3, 0.4) is 0 Å². The Hall–Kier alpha value is -4.00. The maximum Gasteiger partial charge on any atom is 0.362 e. The second kappa shape index (κ2) is 9.09. The Labute approximate surface area is 161 Å². The molecule has 1 N–H and O–H groups in total. The van der Waals surface area contributed by atoms with Crippen LogP contribution in [-0.2, 0) is 4.84 Å². The number of azo groups is 1. The Morgan fingerprint density at radius 3 is 2.14 bits per heavy atom. The van der Waals surface area contributed by atoms with Gasteiger partial charge in [-0.25, -0.2) is 10.3 Å². The molecule has 7 heteroatoms. The molecule has 0 saturated heterocycles. The number of nitrogens with one attached hydrogen (secondary N) is 1. The summed E-state index contributed by atoms with van der Waals surface area (Å²) in [6.45, 7) is 0. The highest BCUT2D eigenvalue weighted by Crippen LogP contribution is 2.18. The van der Waals surface area contributed by atoms with Gasteiger partial charge < -0.3 is 9.57 Å². The number of nitrogens with zero attached hydrogens (tertiary/aromatic N) is 2. The number of methoxy groups -OCH3 is 1. The van der Waals surface area contributed by atoms with Gasteiger partial charge in [0.2, 0.25) is 0 Å². The molecular formula is C21H17N3O4. The van der Waals surface area contributed by atoms with Crippen LogP contribution in [0.5, 0.6) is 5.75 Å². The summed E-state index contributed by atoms with van der Waals surface area (Å²) in [5, 5.41) is 7.60. The quantitative estimate of drug-likeness (QED) is 0.494. The van der Waals surface area contributed by atoms with E-state index in [1.54, 1.807) is 79.9 Å². The normalized spacial score (nSPS) is 10.5. The van der Waals surface area contributed by atoms with Crippen molar-refractivity contribution in [2.75, 3.05) is 12.6 Å². The first-order chi connectivity index (χ1) is 13.7. The number of anilines is 1. The van der Waals surface area contributed by atoms with E-state index in [1.807, 2.05) is 6.07 Å². The van der Waals surface area contributed by atoms with Crippen molar-refractivity contribution in [2.45, 2.75) is 0 Å². The zero-order valence-corrected chi connectivity index (χ0v) is 15.0. The van der Waals surface area contributed by atoms with Gasteiger partial charge in [-0.15, -0.1) is 10.2 Å². The van der Waals surface area contributed by atoms with E-state index in [9.17, 15) is 9.59 Å². The van der Waals surface area contributed by atoms with E-state index in [2.05, 4.69) is 15.7 Å². The van der Waals surface area contributed by atoms with Crippen LogP contribution in [-0.4, -0.2) is 19.0 Å². The molecule has 28 heavy (non-hydrogen) atoms. The summed E-state index contributed by atoms with van der Waals surface area (Å²) in [5.74, 6) is -0.295. The summed E-state index contributed by atoms with van der Waals surface area (Å²) in [6, 6.07) is 21.8. The molecule has 0 atom stereocenters. The Balaban J connectivity index is 1.54. The van der Waals surface area contributed by atoms with Crippen LogP contribution >= 0.6 is 0 Å². The molecule has 0 aliphatic rings. The molecule has 0 saturated carbocycles. The lowest BCUT2D eigenvalue weighted by Gasteiger charge is -2.07. The monoisotopic (exact) mass is 375 g/mol. The van der Waals surface area contributed by atoms with Crippen LogP contribution in [0.25, 0.3) is 0 Å². The molecule has 3 aromatic rings. The smallest absolute Gasteiger partial charge is 0.362 e. The topological polar surface area (TPSA) is 89.3 Å². The SMILES string of the molecule is COc1ccc(C(=O)ONc2ccc(N=NC(=O)c3ccccc3)cc2)cc1. The molecule has 3 rings (SSSR count). The minimum Gasteiger partial charge on any atom is -0.497 e. The van der Waals surface area contributed by atoms with Gasteiger partial charge in [0.1, 0.15) is 5.75 Å². The average Bonchev–Trinajstić information content (AvgIpc) is 2.77. The molecule has 0 bridgehead atoms. The van der Waals surface area contributed by atoms with Crippen molar-refractivity contribution in [3.05, 3.63) is 90.0 Å². The molecule has 0 fully saturated rings. The first-order valence-corrected chi connectivity index (χ1v) is 8.38. The second-order valence-electron chi connectivity index (χ2n) is 5.64. The first kappa shape index (κ1) is 18.8. The summed E-state index contributed by atoms with van der Waals surface area (Å²) in [6.07, 6.45) is 0. The van der Waals surface area contributed by atoms with Gasteiger partial charge in [0.15, 0.2) is 0 Å². The Bertz CT molecular complexity index is 969. The number of benzene rings is 3. The molecule has 7 nitrogen and oxygen atoms in total. The highest BCUT2D eigenvalue weighted by Gasteiger charge is 2.08. The lowest BCUT2D eigenvalue weighted by atomic mass is 10.2. The number of amides is 1. The zero-order valence-electron chi connectivity index (χ0n) is 15.0. The number of carbonyl (C=O) groups excluding carboxylic acids is 2. The number of hydrogen-bond donors (Lipinski definition) is 1. The molecule has 0 spiro atoms. The van der Waals surface area contributed by atoms with Crippen molar-refractivity contribution in [3.8, 4) is 5.75 Å². The highest BCUT2D eigenvalue weighted by atomic mass is 16.7. The minimum atomic E-state index is -0.528. The van der Waals surface area contributed by atoms with E-state index in [0.29, 0.717) is 28.3 Å². The van der Waals surface area contributed by atoms with Crippen LogP contribution in [0.2, 0.25) is 0 Å². The predicted molar refractivity (Wildman–Crippen MR) is 104 cm³/mol. The van der Waals surface area contributed by atoms with E-state index in [0.717, 1.165) is 0 Å². The van der Waals surface area contributed by atoms with Gasteiger partial charge in [-0.1, -0.05) is 18.2 Å². The number of hydrogen-bond acceptors (Lipinski definition) is 6. The van der Waals surface area contributed by atoms with Crippen LogP contribution in [0.15, 0.2) is 89.1 Å². The third-order valence-corrected chi connectivity index (χ3v) is 3.73. The fraction of sp³-hybridized carbons (Fsp3) is 0.0476. The molecule has 0 aromatic heterocycles. The van der Waals surface area contributed by atoms with E-state index >= 15 is 0 Å². The van der Waals surface area contributed by atoms with E-state index in [-0.39, 0.29) is 0 Å². The minimum absolute atomic E-state index is 0.387. The lowest BCUT2D eigenvalue weighted by molar-refractivity contribution is 0.0596. The first-order valence-electron chi connectivity index (χ1n) is 8.38. The van der Waals surface area contributed by atoms with Crippen molar-refractivity contribution in [2.24, 2.45) is 10.2 Å².